The summed E-state index contributed by atoms with van der Waals surface area (Å²) in [6.07, 6.45) is -9.88. The molecule has 2 saturated heterocycles. The number of rotatable bonds is 9. The van der Waals surface area contributed by atoms with E-state index in [-0.39, 0.29) is 30.9 Å². The van der Waals surface area contributed by atoms with E-state index in [1.165, 1.54) is 18.9 Å². The Labute approximate surface area is 272 Å². The lowest BCUT2D eigenvalue weighted by Crippen LogP contribution is -2.38. The monoisotopic (exact) mass is 677 g/mol. The minimum atomic E-state index is -5.05. The standard InChI is InChI=1S/C34H33F6N3O5/c1-18-31(22-13-23(33(35,36)37)16-24(14-22)34(38,39)40)48-32(46)43(18)17-27-25(5-7-29(41-27)42-8-3-9-42)26-15-20(4-6-28(26)47-2)21-10-19(11-21)12-30(44)45/h4-7,13-16,18-19,21,31H,3,8-12,17H2,1-2H3,(H,44,45)/t18-,19?,21?,31-/m0/s1. The van der Waals surface area contributed by atoms with Crippen LogP contribution in [-0.4, -0.2) is 53.3 Å². The van der Waals surface area contributed by atoms with Crippen LogP contribution in [0.1, 0.15) is 72.6 Å². The highest BCUT2D eigenvalue weighted by Crippen LogP contribution is 2.46. The van der Waals surface area contributed by atoms with E-state index >= 15 is 0 Å². The molecule has 2 aliphatic heterocycles. The fraction of sp³-hybridized carbons (Fsp3) is 0.441. The highest BCUT2D eigenvalue weighted by Gasteiger charge is 2.44. The Morgan fingerprint density at radius 3 is 2.19 bits per heavy atom. The first-order chi connectivity index (χ1) is 22.6. The van der Waals surface area contributed by atoms with Gasteiger partial charge in [0.1, 0.15) is 17.7 Å². The SMILES string of the molecule is COc1ccc(C2CC(CC(=O)O)C2)cc1-c1ccc(N2CCC2)nc1CN1C(=O)O[C@H](c2cc(C(F)(F)F)cc(C(F)(F)F)c2)[C@@H]1C. The minimum Gasteiger partial charge on any atom is -0.496 e. The number of aromatic nitrogens is 1. The summed E-state index contributed by atoms with van der Waals surface area (Å²) >= 11 is 0. The zero-order valence-electron chi connectivity index (χ0n) is 26.1. The maximum Gasteiger partial charge on any atom is 0.416 e. The van der Waals surface area contributed by atoms with E-state index in [1.807, 2.05) is 35.2 Å². The van der Waals surface area contributed by atoms with Crippen molar-refractivity contribution in [3.05, 3.63) is 76.5 Å². The minimum absolute atomic E-state index is 0.0393. The number of alkyl halides is 6. The van der Waals surface area contributed by atoms with Crippen LogP contribution in [0.15, 0.2) is 48.5 Å². The summed E-state index contributed by atoms with van der Waals surface area (Å²) < 4.78 is 92.8. The van der Waals surface area contributed by atoms with Crippen LogP contribution in [0.25, 0.3) is 11.1 Å². The van der Waals surface area contributed by atoms with E-state index in [0.29, 0.717) is 40.5 Å². The van der Waals surface area contributed by atoms with Crippen molar-refractivity contribution < 1.29 is 50.5 Å². The van der Waals surface area contributed by atoms with Crippen molar-refractivity contribution in [1.29, 1.82) is 0 Å². The van der Waals surface area contributed by atoms with Gasteiger partial charge in [0.05, 0.1) is 36.5 Å². The van der Waals surface area contributed by atoms with Crippen LogP contribution in [0.5, 0.6) is 5.75 Å². The van der Waals surface area contributed by atoms with Gasteiger partial charge in [0, 0.05) is 30.6 Å². The number of nitrogens with zero attached hydrogens (tertiary/aromatic N) is 3. The first kappa shape index (κ1) is 33.4. The van der Waals surface area contributed by atoms with Gasteiger partial charge in [-0.2, -0.15) is 26.3 Å². The molecule has 1 N–H and O–H groups in total. The predicted octanol–water partition coefficient (Wildman–Crippen LogP) is 8.06. The number of amides is 1. The molecule has 1 saturated carbocycles. The van der Waals surface area contributed by atoms with Gasteiger partial charge in [-0.15, -0.1) is 0 Å². The number of pyridine rings is 1. The number of methoxy groups -OCH3 is 1. The molecule has 3 aromatic rings. The topological polar surface area (TPSA) is 92.2 Å². The van der Waals surface area contributed by atoms with Gasteiger partial charge in [0.15, 0.2) is 0 Å². The summed E-state index contributed by atoms with van der Waals surface area (Å²) in [5.74, 6) is 0.594. The van der Waals surface area contributed by atoms with Crippen LogP contribution < -0.4 is 9.64 Å². The molecule has 0 bridgehead atoms. The van der Waals surface area contributed by atoms with E-state index in [1.54, 1.807) is 0 Å². The molecule has 3 aliphatic rings. The summed E-state index contributed by atoms with van der Waals surface area (Å²) in [6.45, 7) is 2.93. The van der Waals surface area contributed by atoms with Crippen LogP contribution >= 0.6 is 0 Å². The molecule has 1 aliphatic carbocycles. The number of carbonyl (C=O) groups excluding carboxylic acids is 1. The Hall–Kier alpha value is -4.49. The molecule has 1 amide bonds. The average Bonchev–Trinajstić information content (AvgIpc) is 3.25. The molecule has 8 nitrogen and oxygen atoms in total. The van der Waals surface area contributed by atoms with Crippen LogP contribution in [0.3, 0.4) is 0 Å². The molecule has 0 unspecified atom stereocenters. The highest BCUT2D eigenvalue weighted by molar-refractivity contribution is 5.76. The summed E-state index contributed by atoms with van der Waals surface area (Å²) in [4.78, 5) is 32.6. The number of hydrogen-bond donors (Lipinski definition) is 1. The molecule has 0 spiro atoms. The second-order valence-electron chi connectivity index (χ2n) is 12.6. The van der Waals surface area contributed by atoms with Gasteiger partial charge in [0.2, 0.25) is 0 Å². The Morgan fingerprint density at radius 1 is 0.958 bits per heavy atom. The lowest BCUT2D eigenvalue weighted by atomic mass is 9.70. The molecule has 2 aromatic carbocycles. The third kappa shape index (κ3) is 6.61. The largest absolute Gasteiger partial charge is 0.496 e. The number of anilines is 1. The lowest BCUT2D eigenvalue weighted by molar-refractivity contribution is -0.143. The molecule has 6 rings (SSSR count). The number of carboxylic acid groups (broad SMARTS) is 1. The van der Waals surface area contributed by atoms with Crippen molar-refractivity contribution >= 4 is 17.9 Å². The van der Waals surface area contributed by atoms with Crippen molar-refractivity contribution in [1.82, 2.24) is 9.88 Å². The first-order valence-corrected chi connectivity index (χ1v) is 15.5. The van der Waals surface area contributed by atoms with E-state index in [2.05, 4.69) is 0 Å². The van der Waals surface area contributed by atoms with Crippen LogP contribution in [-0.2, 0) is 28.4 Å². The second-order valence-corrected chi connectivity index (χ2v) is 12.6. The lowest BCUT2D eigenvalue weighted by Gasteiger charge is -2.35. The number of benzene rings is 2. The molecule has 256 valence electrons. The summed E-state index contributed by atoms with van der Waals surface area (Å²) in [5.41, 5.74) is -0.666. The van der Waals surface area contributed by atoms with E-state index in [9.17, 15) is 35.9 Å². The maximum absolute atomic E-state index is 13.6. The van der Waals surface area contributed by atoms with E-state index < -0.39 is 53.3 Å². The van der Waals surface area contributed by atoms with Gasteiger partial charge >= 0.3 is 24.4 Å². The zero-order valence-corrected chi connectivity index (χ0v) is 26.1. The molecule has 0 radical (unpaired) electrons. The van der Waals surface area contributed by atoms with E-state index in [0.717, 1.165) is 37.9 Å². The van der Waals surface area contributed by atoms with Crippen LogP contribution in [0.2, 0.25) is 0 Å². The van der Waals surface area contributed by atoms with Gasteiger partial charge in [-0.25, -0.2) is 9.78 Å². The fourth-order valence-corrected chi connectivity index (χ4v) is 6.65. The molecule has 2 atom stereocenters. The molecule has 1 aromatic heterocycles. The van der Waals surface area contributed by atoms with Crippen molar-refractivity contribution in [2.24, 2.45) is 5.92 Å². The molecule has 3 heterocycles. The normalized spacial score (nSPS) is 22.6. The van der Waals surface area contributed by atoms with Gasteiger partial charge in [0.25, 0.3) is 0 Å². The summed E-state index contributed by atoms with van der Waals surface area (Å²) in [6, 6.07) is 9.68. The van der Waals surface area contributed by atoms with E-state index in [4.69, 9.17) is 19.6 Å². The first-order valence-electron chi connectivity index (χ1n) is 15.5. The fourth-order valence-electron chi connectivity index (χ4n) is 6.65. The predicted molar refractivity (Wildman–Crippen MR) is 161 cm³/mol. The molecule has 48 heavy (non-hydrogen) atoms. The van der Waals surface area contributed by atoms with Gasteiger partial charge < -0.3 is 19.5 Å². The molecule has 3 fully saturated rings. The highest BCUT2D eigenvalue weighted by atomic mass is 19.4. The number of cyclic esters (lactones) is 1. The summed E-state index contributed by atoms with van der Waals surface area (Å²) in [7, 11) is 1.51. The smallest absolute Gasteiger partial charge is 0.416 e. The number of carboxylic acids is 1. The van der Waals surface area contributed by atoms with Gasteiger partial charge in [-0.05, 0) is 91.6 Å². The van der Waals surface area contributed by atoms with Gasteiger partial charge in [-0.1, -0.05) is 6.07 Å². The van der Waals surface area contributed by atoms with Crippen molar-refractivity contribution in [3.63, 3.8) is 0 Å². The Balaban J connectivity index is 1.34. The number of hydrogen-bond acceptors (Lipinski definition) is 6. The third-order valence-electron chi connectivity index (χ3n) is 9.47. The Morgan fingerprint density at radius 2 is 1.62 bits per heavy atom. The Bertz CT molecular complexity index is 1690. The second kappa shape index (κ2) is 12.5. The molecule has 14 heteroatoms. The molecular weight excluding hydrogens is 644 g/mol. The third-order valence-corrected chi connectivity index (χ3v) is 9.47. The van der Waals surface area contributed by atoms with Crippen molar-refractivity contribution in [2.75, 3.05) is 25.1 Å². The number of halogens is 6. The number of ether oxygens (including phenoxy) is 2. The molecular formula is C34H33F6N3O5. The zero-order chi connectivity index (χ0) is 34.5. The number of carbonyl (C=O) groups is 2. The van der Waals surface area contributed by atoms with Crippen LogP contribution in [0.4, 0.5) is 37.0 Å². The number of aliphatic carboxylic acids is 1. The van der Waals surface area contributed by atoms with Crippen molar-refractivity contribution in [2.45, 2.75) is 69.6 Å². The van der Waals surface area contributed by atoms with Crippen molar-refractivity contribution in [3.8, 4) is 16.9 Å². The quantitative estimate of drug-likeness (QED) is 0.229. The summed E-state index contributed by atoms with van der Waals surface area (Å²) in [5, 5.41) is 9.15. The van der Waals surface area contributed by atoms with Gasteiger partial charge in [-0.3, -0.25) is 9.69 Å². The average molecular weight is 678 g/mol. The Kier molecular flexibility index (Phi) is 8.71. The van der Waals surface area contributed by atoms with Crippen LogP contribution in [0, 0.1) is 5.92 Å². The maximum atomic E-state index is 13.6.